The van der Waals surface area contributed by atoms with Crippen molar-refractivity contribution in [2.75, 3.05) is 49.0 Å². The molecule has 1 aliphatic rings. The number of carbonyl (C=O) groups is 1. The van der Waals surface area contributed by atoms with Crippen LogP contribution in [0, 0.1) is 12.7 Å². The van der Waals surface area contributed by atoms with Crippen LogP contribution in [-0.4, -0.2) is 59.1 Å². The molecule has 0 aromatic heterocycles. The largest absolute Gasteiger partial charge is 0.496 e. The van der Waals surface area contributed by atoms with Crippen LogP contribution in [-0.2, 0) is 14.8 Å². The number of halogens is 2. The molecule has 3 aromatic rings. The maximum atomic E-state index is 14.2. The van der Waals surface area contributed by atoms with E-state index in [1.54, 1.807) is 53.4 Å². The standard InChI is InChI=1S/C26H27BrFN3O4S/c1-19-7-9-20(10-8-19)31(36(33,34)21-11-12-25(35-2)22(27)17-21)18-26(32)30-15-13-29(14-16-30)24-6-4-3-5-23(24)28/h3-12,17H,13-16,18H2,1-2H3. The van der Waals surface area contributed by atoms with E-state index in [9.17, 15) is 17.6 Å². The lowest BCUT2D eigenvalue weighted by Crippen LogP contribution is -2.52. The Morgan fingerprint density at radius 1 is 1.03 bits per heavy atom. The van der Waals surface area contributed by atoms with Gasteiger partial charge in [-0.1, -0.05) is 29.8 Å². The lowest BCUT2D eigenvalue weighted by Gasteiger charge is -2.37. The highest BCUT2D eigenvalue weighted by molar-refractivity contribution is 9.10. The maximum absolute atomic E-state index is 14.2. The van der Waals surface area contributed by atoms with Gasteiger partial charge in [-0.3, -0.25) is 9.10 Å². The third kappa shape index (κ3) is 5.49. The first-order valence-electron chi connectivity index (χ1n) is 11.4. The molecule has 1 heterocycles. The van der Waals surface area contributed by atoms with E-state index in [-0.39, 0.29) is 23.2 Å². The van der Waals surface area contributed by atoms with E-state index < -0.39 is 10.0 Å². The average molecular weight is 576 g/mol. The van der Waals surface area contributed by atoms with Gasteiger partial charge >= 0.3 is 0 Å². The number of amides is 1. The Bertz CT molecular complexity index is 1340. The summed E-state index contributed by atoms with van der Waals surface area (Å²) in [4.78, 5) is 16.9. The van der Waals surface area contributed by atoms with Crippen LogP contribution in [0.25, 0.3) is 0 Å². The number of aryl methyl sites for hydroxylation is 1. The van der Waals surface area contributed by atoms with Gasteiger partial charge in [0.05, 0.1) is 27.9 Å². The van der Waals surface area contributed by atoms with E-state index in [1.165, 1.54) is 25.3 Å². The van der Waals surface area contributed by atoms with Gasteiger partial charge in [-0.2, -0.15) is 0 Å². The quantitative estimate of drug-likeness (QED) is 0.416. The molecule has 3 aromatic carbocycles. The number of nitrogens with zero attached hydrogens (tertiary/aromatic N) is 3. The second kappa shape index (κ2) is 10.9. The highest BCUT2D eigenvalue weighted by Crippen LogP contribution is 2.31. The first kappa shape index (κ1) is 26.0. The second-order valence-corrected chi connectivity index (χ2v) is 11.2. The zero-order valence-corrected chi connectivity index (χ0v) is 22.4. The van der Waals surface area contributed by atoms with Gasteiger partial charge in [0.1, 0.15) is 18.1 Å². The highest BCUT2D eigenvalue weighted by Gasteiger charge is 2.31. The van der Waals surface area contributed by atoms with Gasteiger partial charge in [0.2, 0.25) is 5.91 Å². The minimum Gasteiger partial charge on any atom is -0.496 e. The third-order valence-electron chi connectivity index (χ3n) is 6.14. The maximum Gasteiger partial charge on any atom is 0.264 e. The Kier molecular flexibility index (Phi) is 7.85. The number of sulfonamides is 1. The van der Waals surface area contributed by atoms with Crippen LogP contribution in [0.3, 0.4) is 0 Å². The predicted molar refractivity (Wildman–Crippen MR) is 142 cm³/mol. The number of ether oxygens (including phenoxy) is 1. The van der Waals surface area contributed by atoms with E-state index in [0.29, 0.717) is 47.8 Å². The van der Waals surface area contributed by atoms with E-state index in [2.05, 4.69) is 15.9 Å². The van der Waals surface area contributed by atoms with Crippen molar-refractivity contribution in [3.05, 3.63) is 82.6 Å². The zero-order valence-electron chi connectivity index (χ0n) is 20.0. The van der Waals surface area contributed by atoms with E-state index in [4.69, 9.17) is 4.74 Å². The molecule has 1 saturated heterocycles. The van der Waals surface area contributed by atoms with Crippen LogP contribution in [0.5, 0.6) is 5.75 Å². The molecule has 190 valence electrons. The molecule has 1 aliphatic heterocycles. The van der Waals surface area contributed by atoms with Crippen LogP contribution in [0.4, 0.5) is 15.8 Å². The van der Waals surface area contributed by atoms with Crippen molar-refractivity contribution < 1.29 is 22.3 Å². The Morgan fingerprint density at radius 3 is 2.31 bits per heavy atom. The van der Waals surface area contributed by atoms with Gasteiger partial charge < -0.3 is 14.5 Å². The molecule has 10 heteroatoms. The molecular formula is C26H27BrFN3O4S. The van der Waals surface area contributed by atoms with Crippen molar-refractivity contribution in [3.8, 4) is 5.75 Å². The molecule has 4 rings (SSSR count). The van der Waals surface area contributed by atoms with Gasteiger partial charge in [-0.05, 0) is 65.3 Å². The Morgan fingerprint density at radius 2 is 1.69 bits per heavy atom. The molecule has 1 fully saturated rings. The van der Waals surface area contributed by atoms with Crippen molar-refractivity contribution in [2.24, 2.45) is 0 Å². The van der Waals surface area contributed by atoms with E-state index in [0.717, 1.165) is 9.87 Å². The minimum absolute atomic E-state index is 0.0351. The third-order valence-corrected chi connectivity index (χ3v) is 8.53. The normalized spacial score (nSPS) is 14.0. The SMILES string of the molecule is COc1ccc(S(=O)(=O)N(CC(=O)N2CCN(c3ccccc3F)CC2)c2ccc(C)cc2)cc1Br. The number of hydrogen-bond acceptors (Lipinski definition) is 5. The lowest BCUT2D eigenvalue weighted by atomic mass is 10.2. The summed E-state index contributed by atoms with van der Waals surface area (Å²) in [5.74, 6) is -0.126. The summed E-state index contributed by atoms with van der Waals surface area (Å²) >= 11 is 3.34. The fraction of sp³-hybridized carbons (Fsp3) is 0.269. The number of benzene rings is 3. The van der Waals surface area contributed by atoms with Crippen molar-refractivity contribution in [2.45, 2.75) is 11.8 Å². The number of hydrogen-bond donors (Lipinski definition) is 0. The minimum atomic E-state index is -4.07. The molecular weight excluding hydrogens is 549 g/mol. The van der Waals surface area contributed by atoms with Gasteiger partial charge in [-0.25, -0.2) is 12.8 Å². The number of rotatable bonds is 7. The molecule has 0 spiro atoms. The van der Waals surface area contributed by atoms with Crippen LogP contribution in [0.15, 0.2) is 76.1 Å². The van der Waals surface area contributed by atoms with E-state index in [1.807, 2.05) is 11.8 Å². The fourth-order valence-electron chi connectivity index (χ4n) is 4.09. The topological polar surface area (TPSA) is 70.2 Å². The molecule has 0 bridgehead atoms. The summed E-state index contributed by atoms with van der Waals surface area (Å²) in [5, 5.41) is 0. The van der Waals surface area contributed by atoms with Crippen molar-refractivity contribution in [1.82, 2.24) is 4.90 Å². The average Bonchev–Trinajstić information content (AvgIpc) is 2.88. The summed E-state index contributed by atoms with van der Waals surface area (Å²) in [6, 6.07) is 18.0. The number of methoxy groups -OCH3 is 1. The zero-order chi connectivity index (χ0) is 25.9. The van der Waals surface area contributed by atoms with Crippen molar-refractivity contribution >= 4 is 43.2 Å². The monoisotopic (exact) mass is 575 g/mol. The second-order valence-electron chi connectivity index (χ2n) is 8.46. The summed E-state index contributed by atoms with van der Waals surface area (Å²) in [6.07, 6.45) is 0. The number of piperazine rings is 1. The van der Waals surface area contributed by atoms with Gasteiger partial charge in [0.15, 0.2) is 0 Å². The first-order chi connectivity index (χ1) is 17.2. The molecule has 0 unspecified atom stereocenters. The Hall–Kier alpha value is -3.11. The van der Waals surface area contributed by atoms with E-state index >= 15 is 0 Å². The molecule has 0 N–H and O–H groups in total. The molecule has 1 amide bonds. The molecule has 36 heavy (non-hydrogen) atoms. The summed E-state index contributed by atoms with van der Waals surface area (Å²) in [6.45, 7) is 3.19. The van der Waals surface area contributed by atoms with Gasteiger partial charge in [0, 0.05) is 26.2 Å². The summed E-state index contributed by atoms with van der Waals surface area (Å²) in [7, 11) is -2.57. The summed E-state index contributed by atoms with van der Waals surface area (Å²) in [5.41, 5.74) is 1.86. The van der Waals surface area contributed by atoms with Gasteiger partial charge in [0.25, 0.3) is 10.0 Å². The molecule has 0 atom stereocenters. The highest BCUT2D eigenvalue weighted by atomic mass is 79.9. The molecule has 0 radical (unpaired) electrons. The van der Waals surface area contributed by atoms with Gasteiger partial charge in [-0.15, -0.1) is 0 Å². The number of anilines is 2. The molecule has 0 aliphatic carbocycles. The summed E-state index contributed by atoms with van der Waals surface area (Å²) < 4.78 is 48.4. The molecule has 7 nitrogen and oxygen atoms in total. The number of para-hydroxylation sites is 1. The first-order valence-corrected chi connectivity index (χ1v) is 13.6. The predicted octanol–water partition coefficient (Wildman–Crippen LogP) is 4.45. The van der Waals surface area contributed by atoms with Crippen molar-refractivity contribution in [1.29, 1.82) is 0 Å². The smallest absolute Gasteiger partial charge is 0.264 e. The Labute approximate surface area is 219 Å². The fourth-order valence-corrected chi connectivity index (χ4v) is 6.22. The lowest BCUT2D eigenvalue weighted by molar-refractivity contribution is -0.129. The number of carbonyl (C=O) groups excluding carboxylic acids is 1. The molecule has 0 saturated carbocycles. The van der Waals surface area contributed by atoms with Crippen molar-refractivity contribution in [3.63, 3.8) is 0 Å². The van der Waals surface area contributed by atoms with Crippen LogP contribution >= 0.6 is 15.9 Å². The Balaban J connectivity index is 1.56. The van der Waals surface area contributed by atoms with Crippen LogP contribution in [0.1, 0.15) is 5.56 Å². The van der Waals surface area contributed by atoms with Crippen LogP contribution in [0.2, 0.25) is 0 Å². The van der Waals surface area contributed by atoms with Crippen LogP contribution < -0.4 is 13.9 Å².